The van der Waals surface area contributed by atoms with Crippen LogP contribution in [0.3, 0.4) is 0 Å². The number of aliphatic hydroxyl groups excluding tert-OH is 1. The van der Waals surface area contributed by atoms with Crippen LogP contribution in [0.5, 0.6) is 0 Å². The summed E-state index contributed by atoms with van der Waals surface area (Å²) in [6, 6.07) is -0.246. The third-order valence-electron chi connectivity index (χ3n) is 2.96. The highest BCUT2D eigenvalue weighted by Gasteiger charge is 2.25. The van der Waals surface area contributed by atoms with Crippen molar-refractivity contribution in [1.29, 1.82) is 0 Å². The summed E-state index contributed by atoms with van der Waals surface area (Å²) < 4.78 is 0. The van der Waals surface area contributed by atoms with E-state index in [1.54, 1.807) is 16.7 Å². The molecule has 0 spiro atoms. The van der Waals surface area contributed by atoms with Crippen LogP contribution in [0.25, 0.3) is 0 Å². The second-order valence-corrected chi connectivity index (χ2v) is 5.10. The van der Waals surface area contributed by atoms with Gasteiger partial charge < -0.3 is 15.7 Å². The van der Waals surface area contributed by atoms with Gasteiger partial charge in [0.1, 0.15) is 0 Å². The topological polar surface area (TPSA) is 66.6 Å². The average Bonchev–Trinajstić information content (AvgIpc) is 2.35. The first-order valence-electron chi connectivity index (χ1n) is 6.28. The molecule has 0 saturated carbocycles. The molecule has 0 aliphatic heterocycles. The molecule has 0 aliphatic carbocycles. The van der Waals surface area contributed by atoms with Gasteiger partial charge in [-0.1, -0.05) is 13.8 Å². The predicted octanol–water partition coefficient (Wildman–Crippen LogP) is 1.08. The Labute approximate surface area is 109 Å². The molecule has 5 heteroatoms. The number of hydrogen-bond donors (Lipinski definition) is 2. The van der Waals surface area contributed by atoms with Crippen molar-refractivity contribution in [1.82, 2.24) is 4.90 Å². The zero-order valence-corrected chi connectivity index (χ0v) is 12.0. The summed E-state index contributed by atoms with van der Waals surface area (Å²) >= 11 is 1.69. The normalized spacial score (nSPS) is 12.8. The van der Waals surface area contributed by atoms with E-state index in [0.29, 0.717) is 13.0 Å². The van der Waals surface area contributed by atoms with Gasteiger partial charge in [0, 0.05) is 12.6 Å². The standard InChI is InChI=1S/C12H26N2O2S/c1-4-10(5-2)14(7-8-15)12(16)11(13)6-9-17-3/h10-11,15H,4-9,13H2,1-3H3/t11-/m0/s1. The van der Waals surface area contributed by atoms with Crippen LogP contribution in [0.1, 0.15) is 33.1 Å². The Morgan fingerprint density at radius 3 is 2.41 bits per heavy atom. The molecule has 0 heterocycles. The van der Waals surface area contributed by atoms with Gasteiger partial charge in [-0.15, -0.1) is 0 Å². The maximum Gasteiger partial charge on any atom is 0.239 e. The van der Waals surface area contributed by atoms with Gasteiger partial charge in [-0.25, -0.2) is 0 Å². The molecule has 102 valence electrons. The SMILES string of the molecule is CCC(CC)N(CCO)C(=O)[C@@H](N)CCSC. The molecular weight excluding hydrogens is 236 g/mol. The first-order chi connectivity index (χ1) is 8.12. The number of amides is 1. The van der Waals surface area contributed by atoms with Gasteiger partial charge in [0.25, 0.3) is 0 Å². The van der Waals surface area contributed by atoms with Gasteiger partial charge in [0.05, 0.1) is 12.6 Å². The number of hydrogen-bond acceptors (Lipinski definition) is 4. The predicted molar refractivity (Wildman–Crippen MR) is 74.1 cm³/mol. The number of carbonyl (C=O) groups excluding carboxylic acids is 1. The largest absolute Gasteiger partial charge is 0.395 e. The third kappa shape index (κ3) is 5.75. The Balaban J connectivity index is 4.51. The van der Waals surface area contributed by atoms with Gasteiger partial charge >= 0.3 is 0 Å². The van der Waals surface area contributed by atoms with Crippen LogP contribution < -0.4 is 5.73 Å². The van der Waals surface area contributed by atoms with Gasteiger partial charge in [-0.05, 0) is 31.3 Å². The van der Waals surface area contributed by atoms with E-state index < -0.39 is 6.04 Å². The third-order valence-corrected chi connectivity index (χ3v) is 3.60. The van der Waals surface area contributed by atoms with Crippen LogP contribution in [0.4, 0.5) is 0 Å². The van der Waals surface area contributed by atoms with Crippen LogP contribution in [0.15, 0.2) is 0 Å². The molecule has 3 N–H and O–H groups in total. The summed E-state index contributed by atoms with van der Waals surface area (Å²) in [5, 5.41) is 9.04. The number of carbonyl (C=O) groups is 1. The van der Waals surface area contributed by atoms with Crippen molar-refractivity contribution in [3.8, 4) is 0 Å². The number of thioether (sulfide) groups is 1. The molecule has 0 aromatic rings. The van der Waals surface area contributed by atoms with Gasteiger partial charge in [-0.3, -0.25) is 4.79 Å². The lowest BCUT2D eigenvalue weighted by atomic mass is 10.1. The molecule has 0 bridgehead atoms. The highest BCUT2D eigenvalue weighted by atomic mass is 32.2. The van der Waals surface area contributed by atoms with Gasteiger partial charge in [-0.2, -0.15) is 11.8 Å². The quantitative estimate of drug-likeness (QED) is 0.652. The van der Waals surface area contributed by atoms with Crippen molar-refractivity contribution in [2.45, 2.75) is 45.2 Å². The summed E-state index contributed by atoms with van der Waals surface area (Å²) in [6.07, 6.45) is 4.50. The molecular formula is C12H26N2O2S. The second kappa shape index (κ2) is 9.74. The summed E-state index contributed by atoms with van der Waals surface area (Å²) in [6.45, 7) is 4.49. The Morgan fingerprint density at radius 2 is 2.00 bits per heavy atom. The van der Waals surface area contributed by atoms with Crippen molar-refractivity contribution in [3.63, 3.8) is 0 Å². The van der Waals surface area contributed by atoms with Crippen LogP contribution in [-0.2, 0) is 4.79 Å². The van der Waals surface area contributed by atoms with E-state index in [1.807, 2.05) is 6.26 Å². The number of rotatable bonds is 9. The Hall–Kier alpha value is -0.260. The van der Waals surface area contributed by atoms with E-state index in [0.717, 1.165) is 18.6 Å². The summed E-state index contributed by atoms with van der Waals surface area (Å²) in [4.78, 5) is 13.9. The van der Waals surface area contributed by atoms with E-state index >= 15 is 0 Å². The molecule has 0 unspecified atom stereocenters. The Kier molecular flexibility index (Phi) is 9.59. The summed E-state index contributed by atoms with van der Waals surface area (Å²) in [5.74, 6) is 0.866. The van der Waals surface area contributed by atoms with Crippen molar-refractivity contribution in [2.24, 2.45) is 5.73 Å². The fourth-order valence-corrected chi connectivity index (χ4v) is 2.38. The van der Waals surface area contributed by atoms with Crippen molar-refractivity contribution < 1.29 is 9.90 Å². The fourth-order valence-electron chi connectivity index (χ4n) is 1.89. The van der Waals surface area contributed by atoms with E-state index in [2.05, 4.69) is 13.8 Å². The molecule has 4 nitrogen and oxygen atoms in total. The smallest absolute Gasteiger partial charge is 0.239 e. The number of nitrogens with zero attached hydrogens (tertiary/aromatic N) is 1. The maximum atomic E-state index is 12.2. The zero-order valence-electron chi connectivity index (χ0n) is 11.2. The minimum absolute atomic E-state index is 0.00249. The van der Waals surface area contributed by atoms with E-state index in [-0.39, 0.29) is 18.6 Å². The van der Waals surface area contributed by atoms with E-state index in [4.69, 9.17) is 10.8 Å². The van der Waals surface area contributed by atoms with Crippen molar-refractivity contribution in [3.05, 3.63) is 0 Å². The monoisotopic (exact) mass is 262 g/mol. The van der Waals surface area contributed by atoms with Crippen LogP contribution in [0, 0.1) is 0 Å². The van der Waals surface area contributed by atoms with Gasteiger partial charge in [0.15, 0.2) is 0 Å². The first kappa shape index (κ1) is 16.7. The highest BCUT2D eigenvalue weighted by molar-refractivity contribution is 7.98. The van der Waals surface area contributed by atoms with Crippen LogP contribution in [0.2, 0.25) is 0 Å². The molecule has 0 rings (SSSR count). The number of nitrogens with two attached hydrogens (primary N) is 1. The Bertz CT molecular complexity index is 211. The van der Waals surface area contributed by atoms with Crippen LogP contribution in [-0.4, -0.2) is 53.2 Å². The van der Waals surface area contributed by atoms with E-state index in [9.17, 15) is 4.79 Å². The lowest BCUT2D eigenvalue weighted by molar-refractivity contribution is -0.135. The highest BCUT2D eigenvalue weighted by Crippen LogP contribution is 2.11. The maximum absolute atomic E-state index is 12.2. The minimum atomic E-state index is -0.436. The van der Waals surface area contributed by atoms with E-state index in [1.165, 1.54) is 0 Å². The Morgan fingerprint density at radius 1 is 1.41 bits per heavy atom. The van der Waals surface area contributed by atoms with Crippen molar-refractivity contribution >= 4 is 17.7 Å². The van der Waals surface area contributed by atoms with Gasteiger partial charge in [0.2, 0.25) is 5.91 Å². The second-order valence-electron chi connectivity index (χ2n) is 4.11. The molecule has 0 saturated heterocycles. The van der Waals surface area contributed by atoms with Crippen LogP contribution >= 0.6 is 11.8 Å². The fraction of sp³-hybridized carbons (Fsp3) is 0.917. The zero-order chi connectivity index (χ0) is 13.3. The molecule has 17 heavy (non-hydrogen) atoms. The minimum Gasteiger partial charge on any atom is -0.395 e. The number of aliphatic hydroxyl groups is 1. The molecule has 0 aromatic heterocycles. The molecule has 0 fully saturated rings. The summed E-state index contributed by atoms with van der Waals surface area (Å²) in [5.41, 5.74) is 5.90. The molecule has 0 aliphatic rings. The summed E-state index contributed by atoms with van der Waals surface area (Å²) in [7, 11) is 0. The van der Waals surface area contributed by atoms with Crippen molar-refractivity contribution in [2.75, 3.05) is 25.2 Å². The lowest BCUT2D eigenvalue weighted by Gasteiger charge is -2.32. The average molecular weight is 262 g/mol. The first-order valence-corrected chi connectivity index (χ1v) is 7.67. The molecule has 0 radical (unpaired) electrons. The molecule has 1 atom stereocenters. The lowest BCUT2D eigenvalue weighted by Crippen LogP contribution is -2.49. The molecule has 1 amide bonds. The molecule has 0 aromatic carbocycles.